The predicted molar refractivity (Wildman–Crippen MR) is 62.6 cm³/mol. The molecule has 16 heavy (non-hydrogen) atoms. The van der Waals surface area contributed by atoms with E-state index >= 15 is 0 Å². The third kappa shape index (κ3) is 4.12. The van der Waals surface area contributed by atoms with Gasteiger partial charge in [0.1, 0.15) is 12.1 Å². The second kappa shape index (κ2) is 7.14. The van der Waals surface area contributed by atoms with E-state index in [-0.39, 0.29) is 6.10 Å². The molecule has 1 aromatic rings. The van der Waals surface area contributed by atoms with E-state index in [1.807, 2.05) is 6.07 Å². The number of anilines is 1. The van der Waals surface area contributed by atoms with Gasteiger partial charge in [0.25, 0.3) is 0 Å². The number of aryl methyl sites for hydroxylation is 1. The van der Waals surface area contributed by atoms with E-state index in [1.165, 1.54) is 0 Å². The molecule has 0 aliphatic rings. The zero-order valence-electron chi connectivity index (χ0n) is 10.1. The van der Waals surface area contributed by atoms with E-state index in [0.717, 1.165) is 17.9 Å². The first kappa shape index (κ1) is 12.9. The summed E-state index contributed by atoms with van der Waals surface area (Å²) in [6.07, 6.45) is 2.51. The summed E-state index contributed by atoms with van der Waals surface area (Å²) in [4.78, 5) is 8.27. The minimum Gasteiger partial charge on any atom is -0.382 e. The first-order valence-electron chi connectivity index (χ1n) is 5.36. The highest BCUT2D eigenvalue weighted by Gasteiger charge is 2.06. The van der Waals surface area contributed by atoms with Gasteiger partial charge in [-0.1, -0.05) is 6.92 Å². The van der Waals surface area contributed by atoms with Crippen molar-refractivity contribution in [2.45, 2.75) is 19.4 Å². The van der Waals surface area contributed by atoms with Crippen molar-refractivity contribution in [2.75, 3.05) is 32.7 Å². The largest absolute Gasteiger partial charge is 0.382 e. The number of ether oxygens (including phenoxy) is 2. The lowest BCUT2D eigenvalue weighted by molar-refractivity contribution is 0.0365. The van der Waals surface area contributed by atoms with Crippen LogP contribution in [0.3, 0.4) is 0 Å². The van der Waals surface area contributed by atoms with Crippen molar-refractivity contribution in [2.24, 2.45) is 0 Å². The lowest BCUT2D eigenvalue weighted by Crippen LogP contribution is -2.26. The molecule has 5 heteroatoms. The van der Waals surface area contributed by atoms with Crippen LogP contribution in [0.5, 0.6) is 0 Å². The quantitative estimate of drug-likeness (QED) is 0.753. The van der Waals surface area contributed by atoms with E-state index < -0.39 is 0 Å². The fourth-order valence-corrected chi connectivity index (χ4v) is 1.30. The predicted octanol–water partition coefficient (Wildman–Crippen LogP) is 1.11. The smallest absolute Gasteiger partial charge is 0.129 e. The number of hydrogen-bond acceptors (Lipinski definition) is 5. The van der Waals surface area contributed by atoms with Gasteiger partial charge >= 0.3 is 0 Å². The molecule has 0 bridgehead atoms. The summed E-state index contributed by atoms with van der Waals surface area (Å²) in [5.74, 6) is 0.824. The third-order valence-corrected chi connectivity index (χ3v) is 2.28. The maximum atomic E-state index is 5.24. The van der Waals surface area contributed by atoms with Crippen LogP contribution in [0.4, 0.5) is 5.82 Å². The van der Waals surface area contributed by atoms with Gasteiger partial charge in [-0.2, -0.15) is 0 Å². The van der Waals surface area contributed by atoms with Gasteiger partial charge in [-0.05, 0) is 6.42 Å². The van der Waals surface area contributed by atoms with Crippen LogP contribution >= 0.6 is 0 Å². The summed E-state index contributed by atoms with van der Waals surface area (Å²) in [5.41, 5.74) is 1.03. The standard InChI is InChI=1S/C11H19N3O2/c1-4-9-5-11(14-8-13-9)12-6-10(16-3)7-15-2/h5,8,10H,4,6-7H2,1-3H3,(H,12,13,14). The van der Waals surface area contributed by atoms with E-state index in [9.17, 15) is 0 Å². The SMILES string of the molecule is CCc1cc(NCC(COC)OC)ncn1. The molecule has 1 atom stereocenters. The maximum absolute atomic E-state index is 5.24. The van der Waals surface area contributed by atoms with Gasteiger partial charge < -0.3 is 14.8 Å². The monoisotopic (exact) mass is 225 g/mol. The summed E-state index contributed by atoms with van der Waals surface area (Å²) < 4.78 is 10.3. The Kier molecular flexibility index (Phi) is 5.74. The molecule has 0 spiro atoms. The Morgan fingerprint density at radius 2 is 2.19 bits per heavy atom. The molecule has 5 nitrogen and oxygen atoms in total. The highest BCUT2D eigenvalue weighted by molar-refractivity contribution is 5.34. The molecule has 0 saturated heterocycles. The second-order valence-corrected chi connectivity index (χ2v) is 3.44. The molecule has 0 radical (unpaired) electrons. The van der Waals surface area contributed by atoms with Gasteiger partial charge in [0, 0.05) is 32.5 Å². The Balaban J connectivity index is 2.46. The van der Waals surface area contributed by atoms with Gasteiger partial charge in [-0.15, -0.1) is 0 Å². The van der Waals surface area contributed by atoms with Gasteiger partial charge in [0.15, 0.2) is 0 Å². The number of rotatable bonds is 7. The molecule has 1 N–H and O–H groups in total. The number of aromatic nitrogens is 2. The summed E-state index contributed by atoms with van der Waals surface area (Å²) >= 11 is 0. The number of methoxy groups -OCH3 is 2. The lowest BCUT2D eigenvalue weighted by atomic mass is 10.3. The Bertz CT molecular complexity index is 307. The van der Waals surface area contributed by atoms with Crippen LogP contribution < -0.4 is 5.32 Å². The Morgan fingerprint density at radius 1 is 1.38 bits per heavy atom. The van der Waals surface area contributed by atoms with Crippen molar-refractivity contribution in [1.82, 2.24) is 9.97 Å². The van der Waals surface area contributed by atoms with E-state index in [2.05, 4.69) is 22.2 Å². The maximum Gasteiger partial charge on any atom is 0.129 e. The summed E-state index contributed by atoms with van der Waals surface area (Å²) in [6, 6.07) is 1.94. The van der Waals surface area contributed by atoms with E-state index in [4.69, 9.17) is 9.47 Å². The van der Waals surface area contributed by atoms with Crippen LogP contribution in [-0.2, 0) is 15.9 Å². The van der Waals surface area contributed by atoms with Crippen LogP contribution in [0.2, 0.25) is 0 Å². The highest BCUT2D eigenvalue weighted by Crippen LogP contribution is 2.04. The average Bonchev–Trinajstić information content (AvgIpc) is 2.34. The molecule has 1 unspecified atom stereocenters. The minimum atomic E-state index is 0.0324. The second-order valence-electron chi connectivity index (χ2n) is 3.44. The number of nitrogens with zero attached hydrogens (tertiary/aromatic N) is 2. The fourth-order valence-electron chi connectivity index (χ4n) is 1.30. The lowest BCUT2D eigenvalue weighted by Gasteiger charge is -2.15. The van der Waals surface area contributed by atoms with Crippen LogP contribution in [0.15, 0.2) is 12.4 Å². The first-order valence-corrected chi connectivity index (χ1v) is 5.36. The van der Waals surface area contributed by atoms with Gasteiger partial charge in [0.05, 0.1) is 12.7 Å². The first-order chi connectivity index (χ1) is 7.80. The van der Waals surface area contributed by atoms with Crippen molar-refractivity contribution in [3.8, 4) is 0 Å². The van der Waals surface area contributed by atoms with Gasteiger partial charge in [-0.3, -0.25) is 0 Å². The summed E-state index contributed by atoms with van der Waals surface area (Å²) in [7, 11) is 3.33. The minimum absolute atomic E-state index is 0.0324. The zero-order chi connectivity index (χ0) is 11.8. The molecular weight excluding hydrogens is 206 g/mol. The van der Waals surface area contributed by atoms with Crippen molar-refractivity contribution in [3.05, 3.63) is 18.1 Å². The summed E-state index contributed by atoms with van der Waals surface area (Å²) in [5, 5.41) is 3.20. The van der Waals surface area contributed by atoms with Crippen molar-refractivity contribution in [1.29, 1.82) is 0 Å². The molecule has 0 fully saturated rings. The van der Waals surface area contributed by atoms with Crippen molar-refractivity contribution < 1.29 is 9.47 Å². The van der Waals surface area contributed by atoms with Crippen LogP contribution in [0.25, 0.3) is 0 Å². The molecule has 0 amide bonds. The third-order valence-electron chi connectivity index (χ3n) is 2.28. The Morgan fingerprint density at radius 3 is 2.81 bits per heavy atom. The number of hydrogen-bond donors (Lipinski definition) is 1. The van der Waals surface area contributed by atoms with Gasteiger partial charge in [-0.25, -0.2) is 9.97 Å². The molecule has 90 valence electrons. The zero-order valence-corrected chi connectivity index (χ0v) is 10.1. The molecule has 1 heterocycles. The summed E-state index contributed by atoms with van der Waals surface area (Å²) in [6.45, 7) is 3.30. The molecule has 0 aliphatic heterocycles. The highest BCUT2D eigenvalue weighted by atomic mass is 16.5. The molecule has 0 saturated carbocycles. The van der Waals surface area contributed by atoms with E-state index in [0.29, 0.717) is 13.2 Å². The Labute approximate surface area is 96.2 Å². The molecule has 1 aromatic heterocycles. The molecular formula is C11H19N3O2. The molecule has 0 aliphatic carbocycles. The topological polar surface area (TPSA) is 56.3 Å². The van der Waals surface area contributed by atoms with Crippen LogP contribution in [0.1, 0.15) is 12.6 Å². The van der Waals surface area contributed by atoms with Crippen LogP contribution in [-0.4, -0.2) is 43.4 Å². The van der Waals surface area contributed by atoms with E-state index in [1.54, 1.807) is 20.5 Å². The normalized spacial score (nSPS) is 12.4. The fraction of sp³-hybridized carbons (Fsp3) is 0.636. The number of nitrogens with one attached hydrogen (secondary N) is 1. The molecule has 1 rings (SSSR count). The Hall–Kier alpha value is -1.20. The average molecular weight is 225 g/mol. The van der Waals surface area contributed by atoms with Crippen molar-refractivity contribution >= 4 is 5.82 Å². The van der Waals surface area contributed by atoms with Crippen LogP contribution in [0, 0.1) is 0 Å². The molecule has 0 aromatic carbocycles. The van der Waals surface area contributed by atoms with Crippen molar-refractivity contribution in [3.63, 3.8) is 0 Å². The van der Waals surface area contributed by atoms with Gasteiger partial charge in [0.2, 0.25) is 0 Å².